The molecule has 1 aliphatic heterocycles. The Morgan fingerprint density at radius 2 is 2.36 bits per heavy atom. The van der Waals surface area contributed by atoms with Crippen LogP contribution in [0.1, 0.15) is 11.1 Å². The van der Waals surface area contributed by atoms with Crippen molar-refractivity contribution in [3.05, 3.63) is 41.7 Å². The first-order valence-corrected chi connectivity index (χ1v) is 4.43. The van der Waals surface area contributed by atoms with Gasteiger partial charge in [-0.2, -0.15) is 5.26 Å². The normalized spacial score (nSPS) is 11.9. The molecule has 0 saturated heterocycles. The molecule has 0 spiro atoms. The van der Waals surface area contributed by atoms with Gasteiger partial charge in [0.25, 0.3) is 0 Å². The van der Waals surface area contributed by atoms with Crippen molar-refractivity contribution in [3.8, 4) is 17.5 Å². The number of nitrogens with zero attached hydrogens (tertiary/aromatic N) is 3. The maximum Gasteiger partial charge on any atom is 0.140 e. The van der Waals surface area contributed by atoms with Crippen molar-refractivity contribution in [2.24, 2.45) is 0 Å². The van der Waals surface area contributed by atoms with Gasteiger partial charge in [0.15, 0.2) is 0 Å². The summed E-state index contributed by atoms with van der Waals surface area (Å²) in [5.41, 5.74) is 3.05. The van der Waals surface area contributed by atoms with Gasteiger partial charge in [0.05, 0.1) is 11.6 Å². The first-order chi connectivity index (χ1) is 6.88. The largest absolute Gasteiger partial charge is 0.327 e. The molecular formula is C11H7N3. The Morgan fingerprint density at radius 1 is 1.43 bits per heavy atom. The first-order valence-electron chi connectivity index (χ1n) is 4.43. The average Bonchev–Trinajstić information content (AvgIpc) is 2.75. The van der Waals surface area contributed by atoms with Gasteiger partial charge < -0.3 is 4.57 Å². The topological polar surface area (TPSA) is 41.6 Å². The third-order valence-electron chi connectivity index (χ3n) is 2.53. The average molecular weight is 181 g/mol. The smallest absolute Gasteiger partial charge is 0.140 e. The highest BCUT2D eigenvalue weighted by Gasteiger charge is 2.18. The van der Waals surface area contributed by atoms with Crippen molar-refractivity contribution >= 4 is 0 Å². The number of aromatic nitrogens is 2. The third-order valence-corrected chi connectivity index (χ3v) is 2.53. The molecule has 1 aromatic heterocycles. The summed E-state index contributed by atoms with van der Waals surface area (Å²) in [6, 6.07) is 7.89. The quantitative estimate of drug-likeness (QED) is 0.530. The van der Waals surface area contributed by atoms with Gasteiger partial charge in [-0.1, -0.05) is 0 Å². The number of hydrogen-bond acceptors (Lipinski definition) is 2. The van der Waals surface area contributed by atoms with E-state index in [9.17, 15) is 0 Å². The van der Waals surface area contributed by atoms with Gasteiger partial charge in [-0.3, -0.25) is 0 Å². The van der Waals surface area contributed by atoms with Crippen LogP contribution in [0.3, 0.4) is 0 Å². The maximum atomic E-state index is 8.76. The molecule has 3 rings (SSSR count). The van der Waals surface area contributed by atoms with Crippen LogP contribution in [0, 0.1) is 11.3 Å². The first kappa shape index (κ1) is 7.34. The standard InChI is InChI=1S/C11H7N3/c12-6-8-1-2-10-9(5-8)7-14-4-3-13-11(10)14/h1-5H,7H2. The highest BCUT2D eigenvalue weighted by atomic mass is 15.1. The van der Waals surface area contributed by atoms with E-state index in [-0.39, 0.29) is 0 Å². The van der Waals surface area contributed by atoms with Crippen LogP contribution in [-0.4, -0.2) is 9.55 Å². The number of imidazole rings is 1. The Labute approximate surface area is 81.2 Å². The van der Waals surface area contributed by atoms with Crippen molar-refractivity contribution < 1.29 is 0 Å². The zero-order chi connectivity index (χ0) is 9.54. The van der Waals surface area contributed by atoms with E-state index in [1.54, 1.807) is 6.20 Å². The number of hydrogen-bond donors (Lipinski definition) is 0. The molecule has 0 bridgehead atoms. The van der Waals surface area contributed by atoms with Gasteiger partial charge in [0.1, 0.15) is 5.82 Å². The molecular weight excluding hydrogens is 174 g/mol. The van der Waals surface area contributed by atoms with Crippen LogP contribution in [0.5, 0.6) is 0 Å². The zero-order valence-corrected chi connectivity index (χ0v) is 7.44. The lowest BCUT2D eigenvalue weighted by Gasteiger charge is -1.96. The summed E-state index contributed by atoms with van der Waals surface area (Å²) in [6.45, 7) is 0.834. The second-order valence-electron chi connectivity index (χ2n) is 3.36. The van der Waals surface area contributed by atoms with Crippen molar-refractivity contribution in [1.82, 2.24) is 9.55 Å². The van der Waals surface area contributed by atoms with E-state index in [4.69, 9.17) is 5.26 Å². The van der Waals surface area contributed by atoms with Crippen molar-refractivity contribution in [2.75, 3.05) is 0 Å². The van der Waals surface area contributed by atoms with E-state index >= 15 is 0 Å². The van der Waals surface area contributed by atoms with Gasteiger partial charge in [0.2, 0.25) is 0 Å². The summed E-state index contributed by atoms with van der Waals surface area (Å²) in [4.78, 5) is 4.27. The van der Waals surface area contributed by atoms with E-state index in [0.717, 1.165) is 23.5 Å². The zero-order valence-electron chi connectivity index (χ0n) is 7.44. The van der Waals surface area contributed by atoms with Crippen molar-refractivity contribution in [2.45, 2.75) is 6.54 Å². The molecule has 0 saturated carbocycles. The molecule has 0 aliphatic carbocycles. The summed E-state index contributed by atoms with van der Waals surface area (Å²) >= 11 is 0. The van der Waals surface area contributed by atoms with Gasteiger partial charge in [0, 0.05) is 24.5 Å². The molecule has 1 aliphatic rings. The lowest BCUT2D eigenvalue weighted by Crippen LogP contribution is -1.89. The van der Waals surface area contributed by atoms with Crippen LogP contribution in [0.4, 0.5) is 0 Å². The van der Waals surface area contributed by atoms with Gasteiger partial charge in [-0.25, -0.2) is 4.98 Å². The Bertz CT molecular complexity index is 546. The van der Waals surface area contributed by atoms with E-state index in [1.165, 1.54) is 5.56 Å². The second-order valence-corrected chi connectivity index (χ2v) is 3.36. The Hall–Kier alpha value is -2.08. The van der Waals surface area contributed by atoms with Crippen molar-refractivity contribution in [3.63, 3.8) is 0 Å². The minimum Gasteiger partial charge on any atom is -0.327 e. The summed E-state index contributed by atoms with van der Waals surface area (Å²) in [5, 5.41) is 8.76. The Kier molecular flexibility index (Phi) is 1.29. The van der Waals surface area contributed by atoms with Gasteiger partial charge in [-0.05, 0) is 23.8 Å². The SMILES string of the molecule is N#Cc1ccc2c(c1)Cn1ccnc1-2. The summed E-state index contributed by atoms with van der Waals surface area (Å²) in [7, 11) is 0. The molecule has 3 heteroatoms. The predicted octanol–water partition coefficient (Wildman–Crippen LogP) is 1.78. The van der Waals surface area contributed by atoms with E-state index < -0.39 is 0 Å². The number of rotatable bonds is 0. The fourth-order valence-electron chi connectivity index (χ4n) is 1.88. The summed E-state index contributed by atoms with van der Waals surface area (Å²) < 4.78 is 2.09. The molecule has 66 valence electrons. The predicted molar refractivity (Wildman–Crippen MR) is 51.5 cm³/mol. The van der Waals surface area contributed by atoms with E-state index in [0.29, 0.717) is 0 Å². The van der Waals surface area contributed by atoms with E-state index in [1.807, 2.05) is 24.4 Å². The highest BCUT2D eigenvalue weighted by Crippen LogP contribution is 2.30. The fraction of sp³-hybridized carbons (Fsp3) is 0.0909. The van der Waals surface area contributed by atoms with Crippen LogP contribution >= 0.6 is 0 Å². The van der Waals surface area contributed by atoms with Crippen LogP contribution in [0.25, 0.3) is 11.4 Å². The number of fused-ring (bicyclic) bond motifs is 3. The molecule has 3 nitrogen and oxygen atoms in total. The molecule has 14 heavy (non-hydrogen) atoms. The Balaban J connectivity index is 2.24. The molecule has 0 atom stereocenters. The number of benzene rings is 1. The number of nitriles is 1. The van der Waals surface area contributed by atoms with E-state index in [2.05, 4.69) is 15.6 Å². The molecule has 0 unspecified atom stereocenters. The lowest BCUT2D eigenvalue weighted by atomic mass is 10.1. The molecule has 2 heterocycles. The van der Waals surface area contributed by atoms with Crippen LogP contribution in [0.2, 0.25) is 0 Å². The molecule has 2 aromatic rings. The maximum absolute atomic E-state index is 8.76. The molecule has 0 amide bonds. The van der Waals surface area contributed by atoms with Gasteiger partial charge in [-0.15, -0.1) is 0 Å². The Morgan fingerprint density at radius 3 is 3.21 bits per heavy atom. The lowest BCUT2D eigenvalue weighted by molar-refractivity contribution is 0.847. The highest BCUT2D eigenvalue weighted by molar-refractivity contribution is 5.66. The molecule has 0 fully saturated rings. The summed E-state index contributed by atoms with van der Waals surface area (Å²) in [6.07, 6.45) is 3.76. The molecule has 0 radical (unpaired) electrons. The summed E-state index contributed by atoms with van der Waals surface area (Å²) in [5.74, 6) is 1.00. The van der Waals surface area contributed by atoms with Crippen molar-refractivity contribution in [1.29, 1.82) is 5.26 Å². The minimum atomic E-state index is 0.717. The monoisotopic (exact) mass is 181 g/mol. The second kappa shape index (κ2) is 2.46. The molecule has 1 aromatic carbocycles. The van der Waals surface area contributed by atoms with Crippen LogP contribution in [0.15, 0.2) is 30.6 Å². The van der Waals surface area contributed by atoms with Crippen LogP contribution in [-0.2, 0) is 6.54 Å². The van der Waals surface area contributed by atoms with Gasteiger partial charge >= 0.3 is 0 Å². The minimum absolute atomic E-state index is 0.717. The fourth-order valence-corrected chi connectivity index (χ4v) is 1.88. The van der Waals surface area contributed by atoms with Crippen LogP contribution < -0.4 is 0 Å². The molecule has 0 N–H and O–H groups in total. The third kappa shape index (κ3) is 0.826.